The molecule has 1 N–H and O–H groups in total. The van der Waals surface area contributed by atoms with Crippen molar-refractivity contribution in [2.24, 2.45) is 0 Å². The fourth-order valence-electron chi connectivity index (χ4n) is 6.04. The van der Waals surface area contributed by atoms with E-state index in [1.165, 1.54) is 16.7 Å². The predicted molar refractivity (Wildman–Crippen MR) is 195 cm³/mol. The van der Waals surface area contributed by atoms with Gasteiger partial charge in [0, 0.05) is 22.9 Å². The number of phenols is 1. The molecule has 0 atom stereocenters. The Kier molecular flexibility index (Phi) is 7.97. The van der Waals surface area contributed by atoms with Crippen LogP contribution in [0.15, 0.2) is 158 Å². The van der Waals surface area contributed by atoms with E-state index < -0.39 is 0 Å². The van der Waals surface area contributed by atoms with Crippen molar-refractivity contribution in [3.63, 3.8) is 0 Å². The van der Waals surface area contributed by atoms with E-state index in [1.807, 2.05) is 30.5 Å². The Bertz CT molecular complexity index is 2190. The molecular weight excluding hydrogens is 572 g/mol. The van der Waals surface area contributed by atoms with Gasteiger partial charge in [0.25, 0.3) is 0 Å². The Morgan fingerprint density at radius 1 is 0.426 bits per heavy atom. The third-order valence-corrected chi connectivity index (χ3v) is 8.60. The van der Waals surface area contributed by atoms with Crippen molar-refractivity contribution in [3.05, 3.63) is 163 Å². The summed E-state index contributed by atoms with van der Waals surface area (Å²) in [5.74, 6) is 0.198. The second-order valence-corrected chi connectivity index (χ2v) is 12.9. The highest BCUT2D eigenvalue weighted by Crippen LogP contribution is 2.39. The van der Waals surface area contributed by atoms with E-state index in [1.54, 1.807) is 6.07 Å². The number of rotatable bonds is 6. The van der Waals surface area contributed by atoms with Crippen LogP contribution in [0.1, 0.15) is 26.3 Å². The number of pyridine rings is 2. The minimum absolute atomic E-state index is 0.0196. The van der Waals surface area contributed by atoms with Gasteiger partial charge in [-0.05, 0) is 92.9 Å². The zero-order chi connectivity index (χ0) is 32.4. The molecule has 2 heterocycles. The van der Waals surface area contributed by atoms with E-state index in [0.717, 1.165) is 44.8 Å². The summed E-state index contributed by atoms with van der Waals surface area (Å²) < 4.78 is 0. The zero-order valence-electron chi connectivity index (χ0n) is 26.9. The van der Waals surface area contributed by atoms with Gasteiger partial charge in [-0.25, -0.2) is 4.98 Å². The van der Waals surface area contributed by atoms with Gasteiger partial charge in [-0.2, -0.15) is 0 Å². The van der Waals surface area contributed by atoms with Crippen LogP contribution in [-0.4, -0.2) is 15.1 Å². The average Bonchev–Trinajstić information content (AvgIpc) is 3.12. The second-order valence-electron chi connectivity index (χ2n) is 12.9. The van der Waals surface area contributed by atoms with Crippen molar-refractivity contribution >= 4 is 0 Å². The van der Waals surface area contributed by atoms with Gasteiger partial charge in [0.15, 0.2) is 0 Å². The number of aromatic hydroxyl groups is 1. The lowest BCUT2D eigenvalue weighted by molar-refractivity contribution is 0.477. The Labute approximate surface area is 276 Å². The van der Waals surface area contributed by atoms with Crippen LogP contribution in [0, 0.1) is 0 Å². The maximum atomic E-state index is 10.9. The fourth-order valence-corrected chi connectivity index (χ4v) is 6.04. The van der Waals surface area contributed by atoms with Gasteiger partial charge >= 0.3 is 0 Å². The second kappa shape index (κ2) is 12.5. The molecule has 0 fully saturated rings. The SMILES string of the molecule is CC(C)(C)c1ccnc(-c2cccc(-c3cc(-c4ccccc4-c4cccc(-c5ccccc5)c4)cc(-c4ccccc4O)n3)c2)c1. The third kappa shape index (κ3) is 6.34. The summed E-state index contributed by atoms with van der Waals surface area (Å²) in [4.78, 5) is 9.85. The molecule has 0 aliphatic heterocycles. The molecule has 2 aromatic heterocycles. The van der Waals surface area contributed by atoms with Crippen molar-refractivity contribution in [2.75, 3.05) is 0 Å². The minimum atomic E-state index is 0.0196. The summed E-state index contributed by atoms with van der Waals surface area (Å²) in [5, 5.41) is 10.9. The van der Waals surface area contributed by atoms with E-state index in [0.29, 0.717) is 11.3 Å². The predicted octanol–water partition coefficient (Wildman–Crippen LogP) is 11.5. The molecule has 0 aliphatic carbocycles. The molecule has 0 radical (unpaired) electrons. The molecular formula is C44H36N2O. The van der Waals surface area contributed by atoms with Crippen LogP contribution < -0.4 is 0 Å². The molecule has 5 aromatic carbocycles. The van der Waals surface area contributed by atoms with Gasteiger partial charge in [-0.15, -0.1) is 0 Å². The van der Waals surface area contributed by atoms with E-state index in [9.17, 15) is 5.11 Å². The molecule has 0 amide bonds. The van der Waals surface area contributed by atoms with Crippen LogP contribution in [0.5, 0.6) is 5.75 Å². The molecule has 0 aliphatic rings. The van der Waals surface area contributed by atoms with E-state index in [2.05, 4.69) is 142 Å². The van der Waals surface area contributed by atoms with Gasteiger partial charge in [0.1, 0.15) is 5.75 Å². The summed E-state index contributed by atoms with van der Waals surface area (Å²) in [6.07, 6.45) is 1.89. The largest absolute Gasteiger partial charge is 0.507 e. The van der Waals surface area contributed by atoms with Crippen molar-refractivity contribution < 1.29 is 5.11 Å². The first kappa shape index (κ1) is 29.9. The smallest absolute Gasteiger partial charge is 0.124 e. The highest BCUT2D eigenvalue weighted by molar-refractivity contribution is 5.88. The van der Waals surface area contributed by atoms with Crippen molar-refractivity contribution in [3.8, 4) is 72.9 Å². The summed E-state index contributed by atoms with van der Waals surface area (Å²) in [7, 11) is 0. The lowest BCUT2D eigenvalue weighted by Gasteiger charge is -2.19. The number of hydrogen-bond donors (Lipinski definition) is 1. The fraction of sp³-hybridized carbons (Fsp3) is 0.0909. The van der Waals surface area contributed by atoms with Crippen molar-refractivity contribution in [1.82, 2.24) is 9.97 Å². The molecule has 0 bridgehead atoms. The maximum Gasteiger partial charge on any atom is 0.124 e. The number of aromatic nitrogens is 2. The molecule has 3 nitrogen and oxygen atoms in total. The van der Waals surface area contributed by atoms with Crippen LogP contribution in [-0.2, 0) is 5.41 Å². The number of para-hydroxylation sites is 1. The van der Waals surface area contributed by atoms with Gasteiger partial charge in [0.2, 0.25) is 0 Å². The average molecular weight is 609 g/mol. The molecule has 0 spiro atoms. The number of hydrogen-bond acceptors (Lipinski definition) is 3. The highest BCUT2D eigenvalue weighted by Gasteiger charge is 2.17. The lowest BCUT2D eigenvalue weighted by atomic mass is 9.87. The molecule has 228 valence electrons. The van der Waals surface area contributed by atoms with Crippen LogP contribution in [0.25, 0.3) is 67.2 Å². The minimum Gasteiger partial charge on any atom is -0.507 e. The van der Waals surface area contributed by atoms with Gasteiger partial charge in [-0.3, -0.25) is 4.98 Å². The standard InChI is InChI=1S/C44H36N2O/c1-44(2,3)36-23-24-45-40(29-36)33-17-12-18-34(26-33)41-27-35(28-42(46-41)39-21-9-10-22-43(39)47)38-20-8-7-19-37(38)32-16-11-15-31(25-32)30-13-5-4-6-14-30/h4-29,47H,1-3H3. The van der Waals surface area contributed by atoms with Crippen LogP contribution in [0.2, 0.25) is 0 Å². The molecule has 7 rings (SSSR count). The maximum absolute atomic E-state index is 10.9. The Hall–Kier alpha value is -5.80. The molecule has 3 heteroatoms. The molecule has 0 saturated carbocycles. The molecule has 47 heavy (non-hydrogen) atoms. The van der Waals surface area contributed by atoms with Crippen LogP contribution in [0.4, 0.5) is 0 Å². The quantitative estimate of drug-likeness (QED) is 0.204. The van der Waals surface area contributed by atoms with Crippen LogP contribution in [0.3, 0.4) is 0 Å². The van der Waals surface area contributed by atoms with E-state index in [4.69, 9.17) is 9.97 Å². The molecule has 7 aromatic rings. The first-order valence-electron chi connectivity index (χ1n) is 16.0. The lowest BCUT2D eigenvalue weighted by Crippen LogP contribution is -2.11. The van der Waals surface area contributed by atoms with E-state index in [-0.39, 0.29) is 11.2 Å². The summed E-state index contributed by atoms with van der Waals surface area (Å²) in [5.41, 5.74) is 13.1. The molecule has 0 saturated heterocycles. The number of benzene rings is 5. The highest BCUT2D eigenvalue weighted by atomic mass is 16.3. The van der Waals surface area contributed by atoms with Crippen molar-refractivity contribution in [1.29, 1.82) is 0 Å². The van der Waals surface area contributed by atoms with Crippen molar-refractivity contribution in [2.45, 2.75) is 26.2 Å². The summed E-state index contributed by atoms with van der Waals surface area (Å²) in [6.45, 7) is 6.65. The number of nitrogens with zero attached hydrogens (tertiary/aromatic N) is 2. The Morgan fingerprint density at radius 2 is 0.979 bits per heavy atom. The first-order chi connectivity index (χ1) is 22.8. The molecule has 0 unspecified atom stereocenters. The first-order valence-corrected chi connectivity index (χ1v) is 16.0. The van der Waals surface area contributed by atoms with E-state index >= 15 is 0 Å². The third-order valence-electron chi connectivity index (χ3n) is 8.60. The van der Waals surface area contributed by atoms with Gasteiger partial charge < -0.3 is 5.11 Å². The monoisotopic (exact) mass is 608 g/mol. The Morgan fingerprint density at radius 3 is 1.70 bits per heavy atom. The number of phenolic OH excluding ortho intramolecular Hbond substituents is 1. The Balaban J connectivity index is 1.38. The van der Waals surface area contributed by atoms with Gasteiger partial charge in [0.05, 0.1) is 17.1 Å². The summed E-state index contributed by atoms with van der Waals surface area (Å²) >= 11 is 0. The normalized spacial score (nSPS) is 11.4. The zero-order valence-corrected chi connectivity index (χ0v) is 26.9. The van der Waals surface area contributed by atoms with Gasteiger partial charge in [-0.1, -0.05) is 124 Å². The topological polar surface area (TPSA) is 46.0 Å². The van der Waals surface area contributed by atoms with Crippen LogP contribution >= 0.6 is 0 Å². The summed E-state index contributed by atoms with van der Waals surface area (Å²) in [6, 6.07) is 52.0.